The van der Waals surface area contributed by atoms with Crippen LogP contribution in [0.5, 0.6) is 0 Å². The molecule has 2 aromatic heterocycles. The Labute approximate surface area is 180 Å². The van der Waals surface area contributed by atoms with Gasteiger partial charge in [0.25, 0.3) is 11.5 Å². The van der Waals surface area contributed by atoms with Gasteiger partial charge in [0.15, 0.2) is 0 Å². The van der Waals surface area contributed by atoms with Crippen LogP contribution >= 0.6 is 0 Å². The molecule has 4 aromatic rings. The molecular formula is C25H24N4O2. The number of carbonyl (C=O) groups is 1. The monoisotopic (exact) mass is 412 g/mol. The third kappa shape index (κ3) is 4.33. The number of amides is 1. The third-order valence-electron chi connectivity index (χ3n) is 5.19. The second-order valence-corrected chi connectivity index (χ2v) is 7.67. The van der Waals surface area contributed by atoms with Crippen molar-refractivity contribution in [1.82, 2.24) is 20.1 Å². The number of pyridine rings is 1. The van der Waals surface area contributed by atoms with E-state index in [0.29, 0.717) is 16.8 Å². The first-order valence-corrected chi connectivity index (χ1v) is 10.1. The molecule has 0 aliphatic heterocycles. The van der Waals surface area contributed by atoms with E-state index in [0.717, 1.165) is 28.1 Å². The number of benzene rings is 2. The predicted molar refractivity (Wildman–Crippen MR) is 121 cm³/mol. The van der Waals surface area contributed by atoms with Crippen molar-refractivity contribution < 1.29 is 4.79 Å². The summed E-state index contributed by atoms with van der Waals surface area (Å²) < 4.78 is 1.70. The number of para-hydroxylation sites is 1. The average Bonchev–Trinajstić information content (AvgIpc) is 3.19. The summed E-state index contributed by atoms with van der Waals surface area (Å²) in [5.74, 6) is -0.280. The Kier molecular flexibility index (Phi) is 5.54. The highest BCUT2D eigenvalue weighted by atomic mass is 16.2. The van der Waals surface area contributed by atoms with Gasteiger partial charge in [0.05, 0.1) is 11.3 Å². The van der Waals surface area contributed by atoms with Crippen LogP contribution in [0, 0.1) is 20.8 Å². The van der Waals surface area contributed by atoms with Crippen molar-refractivity contribution in [3.8, 4) is 16.9 Å². The van der Waals surface area contributed by atoms with E-state index < -0.39 is 0 Å². The molecule has 0 aliphatic rings. The number of hydrogen-bond acceptors (Lipinski definition) is 3. The lowest BCUT2D eigenvalue weighted by molar-refractivity contribution is 0.0951. The number of hydrogen-bond donors (Lipinski definition) is 2. The number of nitrogens with zero attached hydrogens (tertiary/aromatic N) is 2. The highest BCUT2D eigenvalue weighted by Gasteiger charge is 2.19. The molecule has 0 aliphatic carbocycles. The lowest BCUT2D eigenvalue weighted by atomic mass is 10.1. The van der Waals surface area contributed by atoms with Crippen molar-refractivity contribution in [3.05, 3.63) is 105 Å². The number of rotatable bonds is 5. The van der Waals surface area contributed by atoms with E-state index in [4.69, 9.17) is 5.10 Å². The van der Waals surface area contributed by atoms with E-state index in [9.17, 15) is 9.59 Å². The van der Waals surface area contributed by atoms with Crippen LogP contribution in [0.25, 0.3) is 16.9 Å². The maximum absolute atomic E-state index is 13.2. The number of nitrogens with one attached hydrogen (secondary N) is 2. The minimum absolute atomic E-state index is 0.143. The van der Waals surface area contributed by atoms with Gasteiger partial charge in [0.2, 0.25) is 0 Å². The zero-order valence-electron chi connectivity index (χ0n) is 17.8. The van der Waals surface area contributed by atoms with Crippen LogP contribution in [-0.4, -0.2) is 20.7 Å². The molecule has 4 rings (SSSR count). The number of aromatic amines is 1. The summed E-state index contributed by atoms with van der Waals surface area (Å²) in [6.45, 7) is 5.85. The fraction of sp³-hybridized carbons (Fsp3) is 0.160. The van der Waals surface area contributed by atoms with Crippen molar-refractivity contribution in [3.63, 3.8) is 0 Å². The van der Waals surface area contributed by atoms with Crippen LogP contribution in [0.15, 0.2) is 71.7 Å². The van der Waals surface area contributed by atoms with Crippen LogP contribution in [-0.2, 0) is 6.54 Å². The van der Waals surface area contributed by atoms with Gasteiger partial charge in [-0.1, -0.05) is 42.0 Å². The van der Waals surface area contributed by atoms with Gasteiger partial charge >= 0.3 is 0 Å². The molecule has 0 unspecified atom stereocenters. The Bertz CT molecular complexity index is 1300. The highest BCUT2D eigenvalue weighted by Crippen LogP contribution is 2.24. The first-order valence-electron chi connectivity index (χ1n) is 10.1. The van der Waals surface area contributed by atoms with Gasteiger partial charge in [-0.15, -0.1) is 0 Å². The molecule has 156 valence electrons. The first-order chi connectivity index (χ1) is 14.9. The Hall–Kier alpha value is -3.93. The summed E-state index contributed by atoms with van der Waals surface area (Å²) in [6.07, 6.45) is 1.73. The minimum atomic E-state index is -0.280. The van der Waals surface area contributed by atoms with Crippen molar-refractivity contribution >= 4 is 5.91 Å². The van der Waals surface area contributed by atoms with Crippen LogP contribution < -0.4 is 10.9 Å². The molecule has 6 heteroatoms. The summed E-state index contributed by atoms with van der Waals surface area (Å²) in [6, 6.07) is 19.4. The summed E-state index contributed by atoms with van der Waals surface area (Å²) in [5.41, 5.74) is 5.87. The molecule has 0 saturated heterocycles. The van der Waals surface area contributed by atoms with Crippen molar-refractivity contribution in [2.75, 3.05) is 0 Å². The second-order valence-electron chi connectivity index (χ2n) is 7.67. The molecule has 0 fully saturated rings. The molecule has 2 aromatic carbocycles. The van der Waals surface area contributed by atoms with Crippen LogP contribution in [0.2, 0.25) is 0 Å². The molecule has 0 bridgehead atoms. The van der Waals surface area contributed by atoms with Gasteiger partial charge < -0.3 is 10.3 Å². The molecule has 0 saturated carbocycles. The quantitative estimate of drug-likeness (QED) is 0.518. The van der Waals surface area contributed by atoms with Crippen LogP contribution in [0.3, 0.4) is 0 Å². The van der Waals surface area contributed by atoms with Crippen molar-refractivity contribution in [1.29, 1.82) is 0 Å². The fourth-order valence-electron chi connectivity index (χ4n) is 3.62. The van der Waals surface area contributed by atoms with Crippen LogP contribution in [0.4, 0.5) is 0 Å². The molecule has 6 nitrogen and oxygen atoms in total. The normalized spacial score (nSPS) is 10.8. The highest BCUT2D eigenvalue weighted by molar-refractivity contribution is 6.00. The first kappa shape index (κ1) is 20.3. The largest absolute Gasteiger partial charge is 0.348 e. The Balaban J connectivity index is 1.70. The smallest absolute Gasteiger partial charge is 0.255 e. The lowest BCUT2D eigenvalue weighted by Gasteiger charge is -2.08. The zero-order chi connectivity index (χ0) is 22.0. The number of aryl methyl sites for hydroxylation is 3. The molecule has 2 N–H and O–H groups in total. The number of aromatic nitrogens is 3. The van der Waals surface area contributed by atoms with E-state index in [1.165, 1.54) is 0 Å². The number of carbonyl (C=O) groups excluding carboxylic acids is 1. The molecule has 0 spiro atoms. The standard InChI is InChI=1S/C25H24N4O2/c1-16-8-7-9-19(12-16)23-22(15-29(28-23)20-10-5-4-6-11-20)24(30)26-14-21-17(2)13-18(3)27-25(21)31/h4-13,15H,14H2,1-3H3,(H,26,30)(H,27,31). The van der Waals surface area contributed by atoms with Crippen LogP contribution in [0.1, 0.15) is 32.7 Å². The minimum Gasteiger partial charge on any atom is -0.348 e. The fourth-order valence-corrected chi connectivity index (χ4v) is 3.62. The second kappa shape index (κ2) is 8.44. The van der Waals surface area contributed by atoms with Gasteiger partial charge in [0, 0.05) is 29.6 Å². The molecule has 31 heavy (non-hydrogen) atoms. The number of H-pyrrole nitrogens is 1. The Morgan fingerprint density at radius 2 is 1.81 bits per heavy atom. The van der Waals surface area contributed by atoms with Gasteiger partial charge in [-0.05, 0) is 50.6 Å². The van der Waals surface area contributed by atoms with Gasteiger partial charge in [0.1, 0.15) is 5.69 Å². The van der Waals surface area contributed by atoms with E-state index in [-0.39, 0.29) is 18.0 Å². The van der Waals surface area contributed by atoms with Gasteiger partial charge in [-0.2, -0.15) is 5.10 Å². The Morgan fingerprint density at radius 1 is 1.03 bits per heavy atom. The van der Waals surface area contributed by atoms with E-state index in [1.807, 2.05) is 81.4 Å². The van der Waals surface area contributed by atoms with E-state index >= 15 is 0 Å². The lowest BCUT2D eigenvalue weighted by Crippen LogP contribution is -2.28. The third-order valence-corrected chi connectivity index (χ3v) is 5.19. The van der Waals surface area contributed by atoms with Crippen molar-refractivity contribution in [2.24, 2.45) is 0 Å². The molecule has 1 amide bonds. The molecule has 0 atom stereocenters. The maximum atomic E-state index is 13.2. The van der Waals surface area contributed by atoms with Gasteiger partial charge in [-0.25, -0.2) is 4.68 Å². The Morgan fingerprint density at radius 3 is 2.52 bits per heavy atom. The summed E-state index contributed by atoms with van der Waals surface area (Å²) in [7, 11) is 0. The van der Waals surface area contributed by atoms with E-state index in [1.54, 1.807) is 10.9 Å². The summed E-state index contributed by atoms with van der Waals surface area (Å²) in [4.78, 5) is 28.2. The van der Waals surface area contributed by atoms with E-state index in [2.05, 4.69) is 10.3 Å². The average molecular weight is 412 g/mol. The summed E-state index contributed by atoms with van der Waals surface area (Å²) >= 11 is 0. The SMILES string of the molecule is Cc1cccc(-c2nn(-c3ccccc3)cc2C(=O)NCc2c(C)cc(C)[nH]c2=O)c1. The summed E-state index contributed by atoms with van der Waals surface area (Å²) in [5, 5.41) is 7.60. The molecular weight excluding hydrogens is 388 g/mol. The zero-order valence-corrected chi connectivity index (χ0v) is 17.8. The predicted octanol–water partition coefficient (Wildman–Crippen LogP) is 4.08. The maximum Gasteiger partial charge on any atom is 0.255 e. The van der Waals surface area contributed by atoms with Gasteiger partial charge in [-0.3, -0.25) is 9.59 Å². The molecule has 2 heterocycles. The topological polar surface area (TPSA) is 79.8 Å². The molecule has 0 radical (unpaired) electrons. The van der Waals surface area contributed by atoms with Crippen molar-refractivity contribution in [2.45, 2.75) is 27.3 Å².